The first kappa shape index (κ1) is 18.8. The maximum absolute atomic E-state index is 12.2. The van der Waals surface area contributed by atoms with Crippen molar-refractivity contribution in [3.05, 3.63) is 35.4 Å². The number of amides is 2. The number of hydrogen-bond donors (Lipinski definition) is 2. The van der Waals surface area contributed by atoms with Crippen LogP contribution in [0.3, 0.4) is 0 Å². The second kappa shape index (κ2) is 9.11. The van der Waals surface area contributed by atoms with Crippen molar-refractivity contribution < 1.29 is 14.3 Å². The Bertz CT molecular complexity index is 758. The van der Waals surface area contributed by atoms with Gasteiger partial charge in [-0.2, -0.15) is 0 Å². The average molecular weight is 393 g/mol. The van der Waals surface area contributed by atoms with Crippen LogP contribution in [0.4, 0.5) is 5.13 Å². The first-order chi connectivity index (χ1) is 12.6. The average Bonchev–Trinajstić information content (AvgIpc) is 3.30. The Hall–Kier alpha value is -1.97. The highest BCUT2D eigenvalue weighted by atomic mass is 32.2. The van der Waals surface area contributed by atoms with Crippen LogP contribution in [0.15, 0.2) is 28.6 Å². The van der Waals surface area contributed by atoms with E-state index in [1.807, 2.05) is 19.1 Å². The number of aromatic nitrogens is 2. The van der Waals surface area contributed by atoms with Crippen LogP contribution in [0, 0.1) is 6.92 Å². The number of anilines is 1. The van der Waals surface area contributed by atoms with E-state index in [-0.39, 0.29) is 23.7 Å². The Morgan fingerprint density at radius 1 is 1.31 bits per heavy atom. The first-order valence-corrected chi connectivity index (χ1v) is 10.1. The monoisotopic (exact) mass is 392 g/mol. The summed E-state index contributed by atoms with van der Waals surface area (Å²) in [4.78, 5) is 24.0. The minimum atomic E-state index is -0.230. The Labute approximate surface area is 159 Å². The molecular weight excluding hydrogens is 372 g/mol. The standard InChI is InChI=1S/C17H20N4O3S2/c1-11-4-6-12(7-5-11)15(23)19-16-20-21-17(26-16)25-10-14(22)18-9-13-3-2-8-24-13/h4-7,13H,2-3,8-10H2,1H3,(H,18,22)(H,19,20,23). The minimum absolute atomic E-state index is 0.0639. The van der Waals surface area contributed by atoms with Gasteiger partial charge in [0.05, 0.1) is 11.9 Å². The molecule has 1 unspecified atom stereocenters. The van der Waals surface area contributed by atoms with Gasteiger partial charge in [0.25, 0.3) is 5.91 Å². The molecule has 0 saturated carbocycles. The Morgan fingerprint density at radius 2 is 2.12 bits per heavy atom. The van der Waals surface area contributed by atoms with Gasteiger partial charge < -0.3 is 10.1 Å². The molecule has 0 aliphatic carbocycles. The van der Waals surface area contributed by atoms with Crippen LogP contribution in [0.5, 0.6) is 0 Å². The van der Waals surface area contributed by atoms with Crippen molar-refractivity contribution in [1.82, 2.24) is 15.5 Å². The third-order valence-corrected chi connectivity index (χ3v) is 5.79. The van der Waals surface area contributed by atoms with Crippen LogP contribution >= 0.6 is 23.1 Å². The number of ether oxygens (including phenoxy) is 1. The van der Waals surface area contributed by atoms with E-state index < -0.39 is 0 Å². The number of benzene rings is 1. The van der Waals surface area contributed by atoms with Gasteiger partial charge in [0.1, 0.15) is 0 Å². The molecule has 9 heteroatoms. The van der Waals surface area contributed by atoms with E-state index >= 15 is 0 Å². The van der Waals surface area contributed by atoms with Crippen molar-refractivity contribution in [2.45, 2.75) is 30.2 Å². The lowest BCUT2D eigenvalue weighted by Gasteiger charge is -2.09. The van der Waals surface area contributed by atoms with E-state index in [1.54, 1.807) is 12.1 Å². The van der Waals surface area contributed by atoms with Crippen LogP contribution in [-0.2, 0) is 9.53 Å². The lowest BCUT2D eigenvalue weighted by atomic mass is 10.1. The molecule has 1 saturated heterocycles. The van der Waals surface area contributed by atoms with E-state index in [0.717, 1.165) is 25.0 Å². The molecule has 2 amide bonds. The topological polar surface area (TPSA) is 93.2 Å². The predicted molar refractivity (Wildman–Crippen MR) is 102 cm³/mol. The number of thioether (sulfide) groups is 1. The highest BCUT2D eigenvalue weighted by Crippen LogP contribution is 2.25. The van der Waals surface area contributed by atoms with E-state index in [9.17, 15) is 9.59 Å². The van der Waals surface area contributed by atoms with Gasteiger partial charge in [0.2, 0.25) is 11.0 Å². The summed E-state index contributed by atoms with van der Waals surface area (Å²) in [5.74, 6) is -0.0364. The molecule has 1 aliphatic heterocycles. The molecule has 2 heterocycles. The van der Waals surface area contributed by atoms with Gasteiger partial charge >= 0.3 is 0 Å². The molecule has 7 nitrogen and oxygen atoms in total. The maximum Gasteiger partial charge on any atom is 0.257 e. The zero-order valence-electron chi connectivity index (χ0n) is 14.4. The predicted octanol–water partition coefficient (Wildman–Crippen LogP) is 2.49. The third kappa shape index (κ3) is 5.52. The fourth-order valence-corrected chi connectivity index (χ4v) is 3.98. The van der Waals surface area contributed by atoms with Crippen molar-refractivity contribution in [3.8, 4) is 0 Å². The minimum Gasteiger partial charge on any atom is -0.376 e. The molecule has 2 N–H and O–H groups in total. The number of carbonyl (C=O) groups is 2. The first-order valence-electron chi connectivity index (χ1n) is 8.33. The Balaban J connectivity index is 1.43. The number of carbonyl (C=O) groups excluding carboxylic acids is 2. The number of nitrogens with zero attached hydrogens (tertiary/aromatic N) is 2. The summed E-state index contributed by atoms with van der Waals surface area (Å²) in [6.45, 7) is 3.29. The summed E-state index contributed by atoms with van der Waals surface area (Å²) < 4.78 is 6.10. The van der Waals surface area contributed by atoms with Gasteiger partial charge in [0, 0.05) is 18.7 Å². The van der Waals surface area contributed by atoms with Crippen molar-refractivity contribution in [3.63, 3.8) is 0 Å². The van der Waals surface area contributed by atoms with E-state index in [2.05, 4.69) is 20.8 Å². The molecule has 3 rings (SSSR count). The lowest BCUT2D eigenvalue weighted by Crippen LogP contribution is -2.32. The maximum atomic E-state index is 12.2. The number of nitrogens with one attached hydrogen (secondary N) is 2. The molecule has 0 spiro atoms. The zero-order valence-corrected chi connectivity index (χ0v) is 16.0. The highest BCUT2D eigenvalue weighted by molar-refractivity contribution is 8.01. The molecule has 1 aromatic heterocycles. The largest absolute Gasteiger partial charge is 0.376 e. The Kier molecular flexibility index (Phi) is 6.59. The highest BCUT2D eigenvalue weighted by Gasteiger charge is 2.16. The van der Waals surface area contributed by atoms with Crippen molar-refractivity contribution in [2.24, 2.45) is 0 Å². The fraction of sp³-hybridized carbons (Fsp3) is 0.412. The van der Waals surface area contributed by atoms with Crippen LogP contribution < -0.4 is 10.6 Å². The number of aryl methyl sites for hydroxylation is 1. The van der Waals surface area contributed by atoms with Gasteiger partial charge in [-0.25, -0.2) is 0 Å². The second-order valence-corrected chi connectivity index (χ2v) is 8.12. The van der Waals surface area contributed by atoms with Crippen LogP contribution in [0.25, 0.3) is 0 Å². The van der Waals surface area contributed by atoms with E-state index in [0.29, 0.717) is 21.6 Å². The zero-order chi connectivity index (χ0) is 18.4. The summed E-state index contributed by atoms with van der Waals surface area (Å²) in [5, 5.41) is 13.9. The van der Waals surface area contributed by atoms with Gasteiger partial charge in [0.15, 0.2) is 4.34 Å². The molecule has 138 valence electrons. The second-order valence-electron chi connectivity index (χ2n) is 5.92. The molecule has 0 bridgehead atoms. The van der Waals surface area contributed by atoms with E-state index in [1.165, 1.54) is 23.1 Å². The van der Waals surface area contributed by atoms with Gasteiger partial charge in [-0.3, -0.25) is 14.9 Å². The molecule has 2 aromatic rings. The van der Waals surface area contributed by atoms with Gasteiger partial charge in [-0.15, -0.1) is 10.2 Å². The van der Waals surface area contributed by atoms with E-state index in [4.69, 9.17) is 4.74 Å². The molecule has 1 fully saturated rings. The summed E-state index contributed by atoms with van der Waals surface area (Å²) in [5.41, 5.74) is 1.66. The summed E-state index contributed by atoms with van der Waals surface area (Å²) >= 11 is 2.55. The summed E-state index contributed by atoms with van der Waals surface area (Å²) in [6.07, 6.45) is 2.18. The molecular formula is C17H20N4O3S2. The fourth-order valence-electron chi connectivity index (χ4n) is 2.40. The van der Waals surface area contributed by atoms with Crippen molar-refractivity contribution >= 4 is 40.0 Å². The molecule has 1 atom stereocenters. The number of rotatable bonds is 7. The third-order valence-electron chi connectivity index (χ3n) is 3.82. The Morgan fingerprint density at radius 3 is 2.85 bits per heavy atom. The van der Waals surface area contributed by atoms with Crippen LogP contribution in [-0.4, -0.2) is 47.0 Å². The quantitative estimate of drug-likeness (QED) is 0.555. The van der Waals surface area contributed by atoms with Crippen molar-refractivity contribution in [1.29, 1.82) is 0 Å². The normalized spacial score (nSPS) is 16.4. The summed E-state index contributed by atoms with van der Waals surface area (Å²) in [6, 6.07) is 7.29. The van der Waals surface area contributed by atoms with Gasteiger partial charge in [-0.1, -0.05) is 40.8 Å². The van der Waals surface area contributed by atoms with Crippen LogP contribution in [0.1, 0.15) is 28.8 Å². The smallest absolute Gasteiger partial charge is 0.257 e. The number of hydrogen-bond acceptors (Lipinski definition) is 7. The lowest BCUT2D eigenvalue weighted by molar-refractivity contribution is -0.119. The molecule has 0 radical (unpaired) electrons. The molecule has 1 aliphatic rings. The molecule has 1 aromatic carbocycles. The SMILES string of the molecule is Cc1ccc(C(=O)Nc2nnc(SCC(=O)NCC3CCCO3)s2)cc1. The molecule has 26 heavy (non-hydrogen) atoms. The van der Waals surface area contributed by atoms with Gasteiger partial charge in [-0.05, 0) is 31.9 Å². The van der Waals surface area contributed by atoms with Crippen LogP contribution in [0.2, 0.25) is 0 Å². The summed E-state index contributed by atoms with van der Waals surface area (Å²) in [7, 11) is 0. The van der Waals surface area contributed by atoms with Crippen molar-refractivity contribution in [2.75, 3.05) is 24.2 Å².